The second-order valence-electron chi connectivity index (χ2n) is 5.02. The van der Waals surface area contributed by atoms with Crippen molar-refractivity contribution in [2.45, 2.75) is 13.8 Å². The molecular weight excluding hydrogens is 320 g/mol. The summed E-state index contributed by atoms with van der Waals surface area (Å²) in [6.45, 7) is 4.85. The van der Waals surface area contributed by atoms with E-state index in [9.17, 15) is 4.79 Å². The predicted octanol–water partition coefficient (Wildman–Crippen LogP) is 3.72. The number of nitrogens with zero attached hydrogens (tertiary/aromatic N) is 1. The number of anilines is 1. The van der Waals surface area contributed by atoms with E-state index in [2.05, 4.69) is 15.3 Å². The molecule has 0 fully saturated rings. The third-order valence-electron chi connectivity index (χ3n) is 3.29. The second kappa shape index (κ2) is 9.32. The minimum absolute atomic E-state index is 0.232. The van der Waals surface area contributed by atoms with E-state index >= 15 is 0 Å². The molecule has 0 atom stereocenters. The fraction of sp³-hybridized carbons (Fsp3) is 0.263. The van der Waals surface area contributed by atoms with Gasteiger partial charge in [-0.05, 0) is 43.7 Å². The second-order valence-corrected chi connectivity index (χ2v) is 5.02. The monoisotopic (exact) mass is 342 g/mol. The maximum absolute atomic E-state index is 12.5. The van der Waals surface area contributed by atoms with Crippen molar-refractivity contribution in [3.63, 3.8) is 0 Å². The minimum Gasteiger partial charge on any atom is -0.494 e. The lowest BCUT2D eigenvalue weighted by Gasteiger charge is -2.13. The topological polar surface area (TPSA) is 69.2 Å². The number of benzene rings is 2. The number of carbonyl (C=O) groups excluding carboxylic acids is 1. The van der Waals surface area contributed by atoms with E-state index in [0.717, 1.165) is 5.56 Å². The van der Waals surface area contributed by atoms with Gasteiger partial charge in [0.1, 0.15) is 18.6 Å². The van der Waals surface area contributed by atoms with Crippen molar-refractivity contribution in [2.24, 2.45) is 5.16 Å². The maximum atomic E-state index is 12.5. The average Bonchev–Trinajstić information content (AvgIpc) is 2.63. The van der Waals surface area contributed by atoms with Crippen LogP contribution in [-0.2, 0) is 4.84 Å². The van der Waals surface area contributed by atoms with Crippen LogP contribution in [0.4, 0.5) is 5.69 Å². The van der Waals surface area contributed by atoms with Crippen LogP contribution < -0.4 is 14.8 Å². The third-order valence-corrected chi connectivity index (χ3v) is 3.29. The van der Waals surface area contributed by atoms with Crippen LogP contribution >= 0.6 is 0 Å². The van der Waals surface area contributed by atoms with Crippen molar-refractivity contribution in [3.8, 4) is 11.5 Å². The highest BCUT2D eigenvalue weighted by molar-refractivity contribution is 6.05. The number of oxime groups is 1. The summed E-state index contributed by atoms with van der Waals surface area (Å²) in [7, 11) is 1.48. The molecular formula is C19H22N2O4. The van der Waals surface area contributed by atoms with E-state index in [4.69, 9.17) is 9.47 Å². The molecule has 2 aromatic rings. The molecule has 0 heterocycles. The van der Waals surface area contributed by atoms with E-state index in [1.165, 1.54) is 7.11 Å². The highest BCUT2D eigenvalue weighted by atomic mass is 16.6. The summed E-state index contributed by atoms with van der Waals surface area (Å²) in [4.78, 5) is 17.1. The van der Waals surface area contributed by atoms with Gasteiger partial charge in [0, 0.05) is 11.6 Å². The molecule has 1 amide bonds. The number of amides is 1. The molecule has 0 radical (unpaired) electrons. The molecule has 2 rings (SSSR count). The Bertz CT molecular complexity index is 727. The SMILES string of the molecule is CCOc1ccc(OCC)c(NC(=O)c2ccc(/C=N/OC)cc2)c1. The molecule has 0 saturated heterocycles. The first-order chi connectivity index (χ1) is 12.2. The smallest absolute Gasteiger partial charge is 0.255 e. The summed E-state index contributed by atoms with van der Waals surface area (Å²) in [6, 6.07) is 12.4. The summed E-state index contributed by atoms with van der Waals surface area (Å²) in [6.07, 6.45) is 1.57. The zero-order chi connectivity index (χ0) is 18.1. The molecule has 0 aliphatic rings. The van der Waals surface area contributed by atoms with E-state index in [-0.39, 0.29) is 5.91 Å². The Morgan fingerprint density at radius 3 is 2.44 bits per heavy atom. The third kappa shape index (κ3) is 5.24. The van der Waals surface area contributed by atoms with Gasteiger partial charge in [-0.3, -0.25) is 4.79 Å². The van der Waals surface area contributed by atoms with Crippen LogP contribution in [0.2, 0.25) is 0 Å². The number of hydrogen-bond donors (Lipinski definition) is 1. The number of nitrogens with one attached hydrogen (secondary N) is 1. The van der Waals surface area contributed by atoms with E-state index < -0.39 is 0 Å². The summed E-state index contributed by atoms with van der Waals surface area (Å²) < 4.78 is 11.1. The Balaban J connectivity index is 2.18. The van der Waals surface area contributed by atoms with Gasteiger partial charge in [0.25, 0.3) is 5.91 Å². The summed E-state index contributed by atoms with van der Waals surface area (Å²) in [5, 5.41) is 6.56. The molecule has 6 nitrogen and oxygen atoms in total. The summed E-state index contributed by atoms with van der Waals surface area (Å²) in [5.74, 6) is 1.04. The van der Waals surface area contributed by atoms with Gasteiger partial charge in [-0.1, -0.05) is 17.3 Å². The molecule has 25 heavy (non-hydrogen) atoms. The first-order valence-electron chi connectivity index (χ1n) is 8.05. The highest BCUT2D eigenvalue weighted by Crippen LogP contribution is 2.30. The Morgan fingerprint density at radius 2 is 1.80 bits per heavy atom. The lowest BCUT2D eigenvalue weighted by molar-refractivity contribution is 0.102. The van der Waals surface area contributed by atoms with Crippen LogP contribution in [0, 0.1) is 0 Å². The molecule has 0 aliphatic carbocycles. The molecule has 2 aromatic carbocycles. The average molecular weight is 342 g/mol. The molecule has 0 aromatic heterocycles. The van der Waals surface area contributed by atoms with Crippen molar-refractivity contribution in [2.75, 3.05) is 25.6 Å². The van der Waals surface area contributed by atoms with E-state index in [1.54, 1.807) is 42.6 Å². The van der Waals surface area contributed by atoms with Gasteiger partial charge in [-0.2, -0.15) is 0 Å². The lowest BCUT2D eigenvalue weighted by atomic mass is 10.1. The Morgan fingerprint density at radius 1 is 1.08 bits per heavy atom. The van der Waals surface area contributed by atoms with Crippen molar-refractivity contribution >= 4 is 17.8 Å². The first-order valence-corrected chi connectivity index (χ1v) is 8.05. The molecule has 0 unspecified atom stereocenters. The fourth-order valence-electron chi connectivity index (χ4n) is 2.17. The Labute approximate surface area is 147 Å². The predicted molar refractivity (Wildman–Crippen MR) is 97.8 cm³/mol. The summed E-state index contributed by atoms with van der Waals surface area (Å²) in [5.41, 5.74) is 1.94. The largest absolute Gasteiger partial charge is 0.494 e. The van der Waals surface area contributed by atoms with Crippen molar-refractivity contribution in [1.82, 2.24) is 0 Å². The molecule has 132 valence electrons. The van der Waals surface area contributed by atoms with E-state index in [1.807, 2.05) is 19.9 Å². The van der Waals surface area contributed by atoms with Crippen molar-refractivity contribution in [1.29, 1.82) is 0 Å². The van der Waals surface area contributed by atoms with Crippen LogP contribution in [0.15, 0.2) is 47.6 Å². The zero-order valence-electron chi connectivity index (χ0n) is 14.6. The van der Waals surface area contributed by atoms with E-state index in [0.29, 0.717) is 36.0 Å². The normalized spacial score (nSPS) is 10.5. The van der Waals surface area contributed by atoms with Crippen LogP contribution in [0.3, 0.4) is 0 Å². The highest BCUT2D eigenvalue weighted by Gasteiger charge is 2.11. The van der Waals surface area contributed by atoms with Crippen LogP contribution in [0.5, 0.6) is 11.5 Å². The van der Waals surface area contributed by atoms with Gasteiger partial charge in [0.05, 0.1) is 25.1 Å². The molecule has 0 spiro atoms. The summed E-state index contributed by atoms with van der Waals surface area (Å²) >= 11 is 0. The van der Waals surface area contributed by atoms with Crippen LogP contribution in [0.1, 0.15) is 29.8 Å². The number of ether oxygens (including phenoxy) is 2. The first kappa shape index (κ1) is 18.3. The van der Waals surface area contributed by atoms with Crippen molar-refractivity contribution in [3.05, 3.63) is 53.6 Å². The molecule has 0 aliphatic heterocycles. The standard InChI is InChI=1S/C19H22N2O4/c1-4-24-16-10-11-18(25-5-2)17(12-16)21-19(22)15-8-6-14(7-9-15)13-20-23-3/h6-13H,4-5H2,1-3H3,(H,21,22)/b20-13+. The molecule has 6 heteroatoms. The van der Waals surface area contributed by atoms with Gasteiger partial charge in [0.15, 0.2) is 0 Å². The number of hydrogen-bond acceptors (Lipinski definition) is 5. The zero-order valence-corrected chi connectivity index (χ0v) is 14.6. The van der Waals surface area contributed by atoms with Gasteiger partial charge in [0.2, 0.25) is 0 Å². The number of rotatable bonds is 8. The number of carbonyl (C=O) groups is 1. The van der Waals surface area contributed by atoms with Gasteiger partial charge >= 0.3 is 0 Å². The molecule has 0 saturated carbocycles. The van der Waals surface area contributed by atoms with Crippen molar-refractivity contribution < 1.29 is 19.1 Å². The van der Waals surface area contributed by atoms with Crippen LogP contribution in [0.25, 0.3) is 0 Å². The van der Waals surface area contributed by atoms with Gasteiger partial charge in [-0.25, -0.2) is 0 Å². The fourth-order valence-corrected chi connectivity index (χ4v) is 2.17. The molecule has 1 N–H and O–H groups in total. The van der Waals surface area contributed by atoms with Gasteiger partial charge < -0.3 is 19.6 Å². The molecule has 0 bridgehead atoms. The lowest BCUT2D eigenvalue weighted by Crippen LogP contribution is -2.13. The quantitative estimate of drug-likeness (QED) is 0.586. The Kier molecular flexibility index (Phi) is 6.83. The maximum Gasteiger partial charge on any atom is 0.255 e. The Hall–Kier alpha value is -3.02. The minimum atomic E-state index is -0.232. The van der Waals surface area contributed by atoms with Gasteiger partial charge in [-0.15, -0.1) is 0 Å². The van der Waals surface area contributed by atoms with Crippen LogP contribution in [-0.4, -0.2) is 32.4 Å².